The molecule has 1 N–H and O–H groups in total. The lowest BCUT2D eigenvalue weighted by Gasteiger charge is -2.19. The Balaban J connectivity index is 1.56. The molecular formula is C19H22N4O. The number of aromatic nitrogens is 1. The van der Waals surface area contributed by atoms with Gasteiger partial charge < -0.3 is 10.1 Å². The highest BCUT2D eigenvalue weighted by Crippen LogP contribution is 2.23. The lowest BCUT2D eigenvalue weighted by molar-refractivity contribution is 0.142. The lowest BCUT2D eigenvalue weighted by Crippen LogP contribution is -2.31. The van der Waals surface area contributed by atoms with Gasteiger partial charge in [-0.25, -0.2) is 0 Å². The van der Waals surface area contributed by atoms with Gasteiger partial charge >= 0.3 is 0 Å². The summed E-state index contributed by atoms with van der Waals surface area (Å²) in [6.45, 7) is 5.78. The fourth-order valence-corrected chi connectivity index (χ4v) is 2.88. The van der Waals surface area contributed by atoms with Gasteiger partial charge in [-0.15, -0.1) is 0 Å². The van der Waals surface area contributed by atoms with E-state index >= 15 is 0 Å². The maximum Gasteiger partial charge on any atom is 0.101 e. The minimum atomic E-state index is 0.599. The van der Waals surface area contributed by atoms with E-state index in [1.165, 1.54) is 0 Å². The summed E-state index contributed by atoms with van der Waals surface area (Å²) < 4.78 is 5.47. The topological polar surface area (TPSA) is 61.2 Å². The molecule has 1 fully saturated rings. The van der Waals surface area contributed by atoms with E-state index in [-0.39, 0.29) is 0 Å². The van der Waals surface area contributed by atoms with Crippen LogP contribution in [0.2, 0.25) is 0 Å². The van der Waals surface area contributed by atoms with E-state index in [1.807, 2.05) is 18.2 Å². The molecule has 2 heterocycles. The summed E-state index contributed by atoms with van der Waals surface area (Å²) in [5.41, 5.74) is 3.65. The average molecular weight is 322 g/mol. The second-order valence-electron chi connectivity index (χ2n) is 5.84. The lowest BCUT2D eigenvalue weighted by atomic mass is 10.0. The molecule has 1 aromatic heterocycles. The third kappa shape index (κ3) is 4.31. The molecule has 5 heteroatoms. The fraction of sp³-hybridized carbons (Fsp3) is 0.368. The number of rotatable bonds is 5. The van der Waals surface area contributed by atoms with E-state index in [0.29, 0.717) is 5.56 Å². The van der Waals surface area contributed by atoms with E-state index in [9.17, 15) is 5.26 Å². The molecule has 0 spiro atoms. The minimum Gasteiger partial charge on any atom is -0.384 e. The van der Waals surface area contributed by atoms with Crippen LogP contribution in [0.3, 0.4) is 0 Å². The molecule has 1 aliphatic rings. The first-order valence-corrected chi connectivity index (χ1v) is 8.35. The molecule has 24 heavy (non-hydrogen) atoms. The fourth-order valence-electron chi connectivity index (χ4n) is 2.88. The SMILES string of the molecule is N#Cc1cnccc1-c1ccc(NCCN2CCCOCC2)cc1. The largest absolute Gasteiger partial charge is 0.384 e. The van der Waals surface area contributed by atoms with Gasteiger partial charge in [0.25, 0.3) is 0 Å². The molecule has 0 amide bonds. The second kappa shape index (κ2) is 8.44. The molecule has 5 nitrogen and oxygen atoms in total. The molecule has 1 aromatic carbocycles. The Labute approximate surface area is 142 Å². The average Bonchev–Trinajstić information content (AvgIpc) is 2.91. The minimum absolute atomic E-state index is 0.599. The number of pyridine rings is 1. The van der Waals surface area contributed by atoms with Crippen LogP contribution in [0.4, 0.5) is 5.69 Å². The highest BCUT2D eigenvalue weighted by atomic mass is 16.5. The summed E-state index contributed by atoms with van der Waals surface area (Å²) in [6.07, 6.45) is 4.43. The van der Waals surface area contributed by atoms with Crippen LogP contribution in [-0.4, -0.2) is 49.3 Å². The molecule has 0 radical (unpaired) electrons. The van der Waals surface area contributed by atoms with Crippen LogP contribution in [0.15, 0.2) is 42.7 Å². The summed E-state index contributed by atoms with van der Waals surface area (Å²) in [4.78, 5) is 6.44. The summed E-state index contributed by atoms with van der Waals surface area (Å²) in [7, 11) is 0. The Morgan fingerprint density at radius 2 is 2.04 bits per heavy atom. The van der Waals surface area contributed by atoms with E-state index in [2.05, 4.69) is 33.4 Å². The normalized spacial score (nSPS) is 15.5. The van der Waals surface area contributed by atoms with Gasteiger partial charge in [0.15, 0.2) is 0 Å². The Hall–Kier alpha value is -2.42. The van der Waals surface area contributed by atoms with E-state index in [0.717, 1.165) is 62.6 Å². The van der Waals surface area contributed by atoms with Crippen molar-refractivity contribution in [2.24, 2.45) is 0 Å². The number of hydrogen-bond donors (Lipinski definition) is 1. The van der Waals surface area contributed by atoms with Gasteiger partial charge in [0.2, 0.25) is 0 Å². The van der Waals surface area contributed by atoms with E-state index in [1.54, 1.807) is 12.4 Å². The maximum atomic E-state index is 9.18. The van der Waals surface area contributed by atoms with Crippen LogP contribution in [0, 0.1) is 11.3 Å². The summed E-state index contributed by atoms with van der Waals surface area (Å²) in [5.74, 6) is 0. The predicted octanol–water partition coefficient (Wildman–Crippen LogP) is 2.75. The third-order valence-electron chi connectivity index (χ3n) is 4.21. The van der Waals surface area contributed by atoms with Gasteiger partial charge in [0.05, 0.1) is 12.2 Å². The number of hydrogen-bond acceptors (Lipinski definition) is 5. The monoisotopic (exact) mass is 322 g/mol. The van der Waals surface area contributed by atoms with Crippen molar-refractivity contribution in [2.75, 3.05) is 44.7 Å². The summed E-state index contributed by atoms with van der Waals surface area (Å²) in [6, 6.07) is 12.3. The number of nitriles is 1. The molecule has 124 valence electrons. The number of nitrogens with zero attached hydrogens (tertiary/aromatic N) is 3. The van der Waals surface area contributed by atoms with Crippen LogP contribution in [0.25, 0.3) is 11.1 Å². The number of ether oxygens (including phenoxy) is 1. The Morgan fingerprint density at radius 3 is 2.88 bits per heavy atom. The molecule has 2 aromatic rings. The van der Waals surface area contributed by atoms with Crippen molar-refractivity contribution in [3.63, 3.8) is 0 Å². The number of anilines is 1. The molecule has 1 saturated heterocycles. The molecular weight excluding hydrogens is 300 g/mol. The number of benzene rings is 1. The van der Waals surface area contributed by atoms with Gasteiger partial charge in [-0.3, -0.25) is 9.88 Å². The third-order valence-corrected chi connectivity index (χ3v) is 4.21. The first kappa shape index (κ1) is 16.4. The van der Waals surface area contributed by atoms with Gasteiger partial charge in [-0.1, -0.05) is 12.1 Å². The van der Waals surface area contributed by atoms with Gasteiger partial charge in [-0.05, 0) is 30.2 Å². The molecule has 0 saturated carbocycles. The van der Waals surface area contributed by atoms with Crippen LogP contribution in [-0.2, 0) is 4.74 Å². The second-order valence-corrected chi connectivity index (χ2v) is 5.84. The van der Waals surface area contributed by atoms with Gasteiger partial charge in [-0.2, -0.15) is 5.26 Å². The van der Waals surface area contributed by atoms with Crippen LogP contribution in [0.5, 0.6) is 0 Å². The van der Waals surface area contributed by atoms with Crippen LogP contribution in [0.1, 0.15) is 12.0 Å². The predicted molar refractivity (Wildman–Crippen MR) is 94.8 cm³/mol. The highest BCUT2D eigenvalue weighted by molar-refractivity contribution is 5.71. The zero-order valence-corrected chi connectivity index (χ0v) is 13.7. The van der Waals surface area contributed by atoms with E-state index < -0.39 is 0 Å². The van der Waals surface area contributed by atoms with Crippen molar-refractivity contribution < 1.29 is 4.74 Å². The van der Waals surface area contributed by atoms with Crippen LogP contribution < -0.4 is 5.32 Å². The van der Waals surface area contributed by atoms with Gasteiger partial charge in [0, 0.05) is 56.4 Å². The smallest absolute Gasteiger partial charge is 0.101 e. The number of nitrogens with one attached hydrogen (secondary N) is 1. The van der Waals surface area contributed by atoms with Crippen LogP contribution >= 0.6 is 0 Å². The molecule has 0 bridgehead atoms. The van der Waals surface area contributed by atoms with E-state index in [4.69, 9.17) is 4.74 Å². The molecule has 0 aliphatic carbocycles. The first-order valence-electron chi connectivity index (χ1n) is 8.35. The zero-order valence-electron chi connectivity index (χ0n) is 13.7. The zero-order chi connectivity index (χ0) is 16.6. The van der Waals surface area contributed by atoms with Gasteiger partial charge in [0.1, 0.15) is 6.07 Å². The van der Waals surface area contributed by atoms with Crippen molar-refractivity contribution >= 4 is 5.69 Å². The summed E-state index contributed by atoms with van der Waals surface area (Å²) >= 11 is 0. The van der Waals surface area contributed by atoms with Crippen molar-refractivity contribution in [2.45, 2.75) is 6.42 Å². The molecule has 0 unspecified atom stereocenters. The quantitative estimate of drug-likeness (QED) is 0.917. The highest BCUT2D eigenvalue weighted by Gasteiger charge is 2.08. The van der Waals surface area contributed by atoms with Crippen molar-refractivity contribution in [3.8, 4) is 17.2 Å². The first-order chi connectivity index (χ1) is 11.9. The Morgan fingerprint density at radius 1 is 1.17 bits per heavy atom. The molecule has 0 atom stereocenters. The molecule has 3 rings (SSSR count). The summed E-state index contributed by atoms with van der Waals surface area (Å²) in [5, 5.41) is 12.6. The molecule has 1 aliphatic heterocycles. The Kier molecular flexibility index (Phi) is 5.78. The van der Waals surface area contributed by atoms with Crippen molar-refractivity contribution in [3.05, 3.63) is 48.3 Å². The standard InChI is InChI=1S/C19H22N4O/c20-14-17-15-21-7-6-19(17)16-2-4-18(5-3-16)22-8-10-23-9-1-12-24-13-11-23/h2-7,15,22H,1,8-13H2. The Bertz CT molecular complexity index is 685. The van der Waals surface area contributed by atoms with Crippen molar-refractivity contribution in [1.82, 2.24) is 9.88 Å². The van der Waals surface area contributed by atoms with Crippen molar-refractivity contribution in [1.29, 1.82) is 5.26 Å². The maximum absolute atomic E-state index is 9.18.